The van der Waals surface area contributed by atoms with E-state index in [9.17, 15) is 4.79 Å². The lowest BCUT2D eigenvalue weighted by Gasteiger charge is -2.36. The number of piperazine rings is 1. The molecule has 0 radical (unpaired) electrons. The average Bonchev–Trinajstić information content (AvgIpc) is 2.64. The molecule has 1 amide bonds. The van der Waals surface area contributed by atoms with Crippen molar-refractivity contribution in [2.75, 3.05) is 36.4 Å². The first-order chi connectivity index (χ1) is 12.6. The molecule has 6 heteroatoms. The van der Waals surface area contributed by atoms with E-state index in [1.165, 1.54) is 0 Å². The van der Waals surface area contributed by atoms with Crippen LogP contribution in [0.25, 0.3) is 0 Å². The predicted molar refractivity (Wildman–Crippen MR) is 109 cm³/mol. The number of carbonyl (C=O) groups excluding carboxylic acids is 1. The fourth-order valence-corrected chi connectivity index (χ4v) is 3.60. The van der Waals surface area contributed by atoms with E-state index in [2.05, 4.69) is 21.2 Å². The summed E-state index contributed by atoms with van der Waals surface area (Å²) in [6.07, 6.45) is 0.451. The van der Waals surface area contributed by atoms with Gasteiger partial charge in [0, 0.05) is 49.9 Å². The van der Waals surface area contributed by atoms with E-state index in [1.807, 2.05) is 43.3 Å². The monoisotopic (exact) mass is 391 g/mol. The molecule has 2 aromatic carbocycles. The van der Waals surface area contributed by atoms with Gasteiger partial charge < -0.3 is 10.2 Å². The Morgan fingerprint density at radius 2 is 1.77 bits per heavy atom. The van der Waals surface area contributed by atoms with Gasteiger partial charge in [0.05, 0.1) is 10.7 Å². The number of amides is 1. The molecule has 1 N–H and O–H groups in total. The van der Waals surface area contributed by atoms with Gasteiger partial charge in [-0.2, -0.15) is 0 Å². The molecule has 1 saturated heterocycles. The molecular weight excluding hydrogens is 369 g/mol. The van der Waals surface area contributed by atoms with Gasteiger partial charge in [-0.05, 0) is 29.8 Å². The number of nitrogens with one attached hydrogen (secondary N) is 1. The third-order valence-electron chi connectivity index (χ3n) is 4.62. The molecule has 1 aliphatic heterocycles. The van der Waals surface area contributed by atoms with Crippen LogP contribution in [0.1, 0.15) is 18.9 Å². The standard InChI is InChI=1S/C20H23Cl2N3O/c1-2-20(26)23-16-7-8-19(18(22)13-16)25-11-9-24(10-12-25)14-15-5-3-4-6-17(15)21/h3-8,13H,2,9-12,14H2,1H3,(H,23,26). The van der Waals surface area contributed by atoms with Crippen molar-refractivity contribution in [1.82, 2.24) is 4.90 Å². The second-order valence-corrected chi connectivity index (χ2v) is 7.24. The minimum atomic E-state index is -0.0120. The fourth-order valence-electron chi connectivity index (χ4n) is 3.10. The summed E-state index contributed by atoms with van der Waals surface area (Å²) in [5.41, 5.74) is 2.91. The maximum Gasteiger partial charge on any atom is 0.224 e. The van der Waals surface area contributed by atoms with Crippen molar-refractivity contribution in [3.05, 3.63) is 58.1 Å². The van der Waals surface area contributed by atoms with Crippen molar-refractivity contribution in [1.29, 1.82) is 0 Å². The molecule has 0 atom stereocenters. The Hall–Kier alpha value is -1.75. The molecule has 0 aromatic heterocycles. The molecule has 4 nitrogen and oxygen atoms in total. The van der Waals surface area contributed by atoms with Gasteiger partial charge in [-0.25, -0.2) is 0 Å². The molecule has 26 heavy (non-hydrogen) atoms. The van der Waals surface area contributed by atoms with Crippen LogP contribution in [0.2, 0.25) is 10.0 Å². The normalized spacial score (nSPS) is 15.1. The van der Waals surface area contributed by atoms with Gasteiger partial charge in [0.25, 0.3) is 0 Å². The van der Waals surface area contributed by atoms with Crippen molar-refractivity contribution in [2.45, 2.75) is 19.9 Å². The fraction of sp³-hybridized carbons (Fsp3) is 0.350. The molecule has 0 saturated carbocycles. The van der Waals surface area contributed by atoms with Crippen molar-refractivity contribution in [3.63, 3.8) is 0 Å². The highest BCUT2D eigenvalue weighted by atomic mass is 35.5. The number of carbonyl (C=O) groups is 1. The number of benzene rings is 2. The zero-order valence-electron chi connectivity index (χ0n) is 14.8. The average molecular weight is 392 g/mol. The van der Waals surface area contributed by atoms with Crippen LogP contribution in [0.4, 0.5) is 11.4 Å². The predicted octanol–water partition coefficient (Wildman–Crippen LogP) is 4.66. The summed E-state index contributed by atoms with van der Waals surface area (Å²) in [5.74, 6) is -0.0120. The molecule has 1 heterocycles. The van der Waals surface area contributed by atoms with E-state index in [1.54, 1.807) is 0 Å². The number of nitrogens with zero attached hydrogens (tertiary/aromatic N) is 2. The molecular formula is C20H23Cl2N3O. The van der Waals surface area contributed by atoms with Crippen LogP contribution >= 0.6 is 23.2 Å². The van der Waals surface area contributed by atoms with Crippen LogP contribution < -0.4 is 10.2 Å². The molecule has 3 rings (SSSR count). The summed E-state index contributed by atoms with van der Waals surface area (Å²) in [5, 5.41) is 4.33. The molecule has 0 aliphatic carbocycles. The van der Waals surface area contributed by atoms with Crippen molar-refractivity contribution < 1.29 is 4.79 Å². The summed E-state index contributed by atoms with van der Waals surface area (Å²) < 4.78 is 0. The van der Waals surface area contributed by atoms with E-state index < -0.39 is 0 Å². The summed E-state index contributed by atoms with van der Waals surface area (Å²) in [7, 11) is 0. The van der Waals surface area contributed by atoms with Crippen LogP contribution in [0, 0.1) is 0 Å². The second kappa shape index (κ2) is 8.76. The first-order valence-electron chi connectivity index (χ1n) is 8.87. The topological polar surface area (TPSA) is 35.6 Å². The van der Waals surface area contributed by atoms with E-state index in [-0.39, 0.29) is 5.91 Å². The number of anilines is 2. The molecule has 0 spiro atoms. The lowest BCUT2D eigenvalue weighted by atomic mass is 10.2. The lowest BCUT2D eigenvalue weighted by Crippen LogP contribution is -2.46. The van der Waals surface area contributed by atoms with Crippen molar-refractivity contribution >= 4 is 40.5 Å². The lowest BCUT2D eigenvalue weighted by molar-refractivity contribution is -0.115. The van der Waals surface area contributed by atoms with E-state index in [0.717, 1.165) is 54.7 Å². The Labute approximate surface area is 164 Å². The number of hydrogen-bond acceptors (Lipinski definition) is 3. The first-order valence-corrected chi connectivity index (χ1v) is 9.62. The van der Waals surface area contributed by atoms with Crippen LogP contribution in [0.5, 0.6) is 0 Å². The van der Waals surface area contributed by atoms with Gasteiger partial charge in [-0.1, -0.05) is 48.3 Å². The minimum absolute atomic E-state index is 0.0120. The van der Waals surface area contributed by atoms with Gasteiger partial charge in [-0.3, -0.25) is 9.69 Å². The Kier molecular flexibility index (Phi) is 6.41. The molecule has 1 fully saturated rings. The van der Waals surface area contributed by atoms with Gasteiger partial charge in [-0.15, -0.1) is 0 Å². The Balaban J connectivity index is 1.59. The minimum Gasteiger partial charge on any atom is -0.368 e. The quantitative estimate of drug-likeness (QED) is 0.804. The molecule has 0 unspecified atom stereocenters. The Morgan fingerprint density at radius 3 is 2.42 bits per heavy atom. The zero-order chi connectivity index (χ0) is 18.5. The first kappa shape index (κ1) is 19.0. The van der Waals surface area contributed by atoms with E-state index in [4.69, 9.17) is 23.2 Å². The van der Waals surface area contributed by atoms with Crippen LogP contribution in [0.15, 0.2) is 42.5 Å². The third-order valence-corrected chi connectivity index (χ3v) is 5.29. The van der Waals surface area contributed by atoms with Crippen molar-refractivity contribution in [2.24, 2.45) is 0 Å². The van der Waals surface area contributed by atoms with Crippen LogP contribution in [-0.2, 0) is 11.3 Å². The SMILES string of the molecule is CCC(=O)Nc1ccc(N2CCN(Cc3ccccc3Cl)CC2)c(Cl)c1. The molecule has 1 aliphatic rings. The molecule has 138 valence electrons. The highest BCUT2D eigenvalue weighted by Gasteiger charge is 2.20. The maximum atomic E-state index is 11.5. The third kappa shape index (κ3) is 4.70. The summed E-state index contributed by atoms with van der Waals surface area (Å²) >= 11 is 12.7. The summed E-state index contributed by atoms with van der Waals surface area (Å²) in [6, 6.07) is 13.7. The van der Waals surface area contributed by atoms with Gasteiger partial charge in [0.1, 0.15) is 0 Å². The van der Waals surface area contributed by atoms with Gasteiger partial charge in [0.2, 0.25) is 5.91 Å². The maximum absolute atomic E-state index is 11.5. The van der Waals surface area contributed by atoms with Crippen LogP contribution in [0.3, 0.4) is 0 Å². The van der Waals surface area contributed by atoms with Crippen molar-refractivity contribution in [3.8, 4) is 0 Å². The largest absolute Gasteiger partial charge is 0.368 e. The smallest absolute Gasteiger partial charge is 0.224 e. The van der Waals surface area contributed by atoms with Gasteiger partial charge in [0.15, 0.2) is 0 Å². The Bertz CT molecular complexity index is 773. The van der Waals surface area contributed by atoms with E-state index >= 15 is 0 Å². The second-order valence-electron chi connectivity index (χ2n) is 6.42. The van der Waals surface area contributed by atoms with Gasteiger partial charge >= 0.3 is 0 Å². The Morgan fingerprint density at radius 1 is 1.04 bits per heavy atom. The van der Waals surface area contributed by atoms with E-state index in [0.29, 0.717) is 11.4 Å². The zero-order valence-corrected chi connectivity index (χ0v) is 16.4. The number of rotatable bonds is 5. The highest BCUT2D eigenvalue weighted by molar-refractivity contribution is 6.33. The molecule has 0 bridgehead atoms. The highest BCUT2D eigenvalue weighted by Crippen LogP contribution is 2.30. The summed E-state index contributed by atoms with van der Waals surface area (Å²) in [4.78, 5) is 16.2. The number of halogens is 2. The number of hydrogen-bond donors (Lipinski definition) is 1. The van der Waals surface area contributed by atoms with Crippen LogP contribution in [-0.4, -0.2) is 37.0 Å². The summed E-state index contributed by atoms with van der Waals surface area (Å²) in [6.45, 7) is 6.41. The molecule has 2 aromatic rings.